The maximum absolute atomic E-state index is 13.8. The predicted molar refractivity (Wildman–Crippen MR) is 156 cm³/mol. The molecule has 12 heteroatoms. The van der Waals surface area contributed by atoms with Gasteiger partial charge in [-0.25, -0.2) is 23.5 Å². The number of carbonyl (C=O) groups excluding carboxylic acids is 1. The number of fused-ring (bicyclic) bond motifs is 2. The highest BCUT2D eigenvalue weighted by Crippen LogP contribution is 2.45. The molecule has 2 unspecified atom stereocenters. The Labute approximate surface area is 242 Å². The van der Waals surface area contributed by atoms with Gasteiger partial charge in [0.05, 0.1) is 39.9 Å². The van der Waals surface area contributed by atoms with Crippen LogP contribution in [0.25, 0.3) is 17.1 Å². The molecule has 1 saturated carbocycles. The molecular weight excluding hydrogens is 562 g/mol. The molecule has 214 valence electrons. The molecule has 6 rings (SSSR count). The summed E-state index contributed by atoms with van der Waals surface area (Å²) < 4.78 is 37.2. The Morgan fingerprint density at radius 1 is 1.20 bits per heavy atom. The molecule has 1 aliphatic carbocycles. The molecule has 4 heterocycles. The number of sulfonamides is 1. The van der Waals surface area contributed by atoms with Gasteiger partial charge in [-0.1, -0.05) is 25.1 Å². The number of rotatable bonds is 9. The number of imidazole rings is 1. The number of allylic oxidation sites excluding steroid dienone is 1. The molecule has 2 aliphatic rings. The van der Waals surface area contributed by atoms with E-state index < -0.39 is 10.0 Å². The Bertz CT molecular complexity index is 1720. The van der Waals surface area contributed by atoms with Gasteiger partial charge in [-0.05, 0) is 79.8 Å². The average Bonchev–Trinajstić information content (AvgIpc) is 3.76. The number of aromatic nitrogens is 2. The van der Waals surface area contributed by atoms with Crippen molar-refractivity contribution >= 4 is 50.5 Å². The van der Waals surface area contributed by atoms with Gasteiger partial charge in [0.2, 0.25) is 10.0 Å². The van der Waals surface area contributed by atoms with E-state index in [1.165, 1.54) is 23.9 Å². The zero-order valence-electron chi connectivity index (χ0n) is 22.6. The van der Waals surface area contributed by atoms with Crippen molar-refractivity contribution in [3.05, 3.63) is 72.1 Å². The van der Waals surface area contributed by atoms with Crippen LogP contribution in [-0.2, 0) is 21.4 Å². The third kappa shape index (κ3) is 5.51. The molecule has 0 saturated heterocycles. The molecule has 1 amide bonds. The predicted octanol–water partition coefficient (Wildman–Crippen LogP) is 5.59. The maximum Gasteiger partial charge on any atom is 0.253 e. The van der Waals surface area contributed by atoms with Crippen LogP contribution in [0.15, 0.2) is 84.6 Å². The lowest BCUT2D eigenvalue weighted by atomic mass is 9.79. The van der Waals surface area contributed by atoms with E-state index in [9.17, 15) is 13.2 Å². The minimum atomic E-state index is -3.86. The molecule has 10 nitrogen and oxygen atoms in total. The number of amides is 1. The van der Waals surface area contributed by atoms with Crippen molar-refractivity contribution in [3.63, 3.8) is 0 Å². The van der Waals surface area contributed by atoms with Crippen LogP contribution in [0.4, 0.5) is 0 Å². The normalized spacial score (nSPS) is 20.1. The molecular formula is C29H31N5O5S2. The number of nitrogens with two attached hydrogens (primary N) is 1. The summed E-state index contributed by atoms with van der Waals surface area (Å²) in [6.07, 6.45) is 9.91. The lowest BCUT2D eigenvalue weighted by Crippen LogP contribution is -2.32. The standard InChI is InChI=1S/C29H31N5O5S2/c1-2-3-13-33-24-12-11-21(41(30,36)37)17-23(24)31-29(33)40-18-26(35)34-28(25-10-6-15-39-25)22-9-4-7-19(27(22)32-34)16-20-8-5-14-38-20/h5-6,8,10-12,14-17,22,28H,2-4,7,9,13,18H2,1H3,(H2,30,36,37). The highest BCUT2D eigenvalue weighted by Gasteiger charge is 2.45. The number of thioether (sulfide) groups is 1. The van der Waals surface area contributed by atoms with Crippen molar-refractivity contribution in [1.29, 1.82) is 0 Å². The monoisotopic (exact) mass is 593 g/mol. The van der Waals surface area contributed by atoms with Gasteiger partial charge >= 0.3 is 0 Å². The summed E-state index contributed by atoms with van der Waals surface area (Å²) in [5.74, 6) is 1.44. The number of hydrogen-bond acceptors (Lipinski definition) is 8. The minimum absolute atomic E-state index is 0.00737. The number of primary sulfonamides is 1. The van der Waals surface area contributed by atoms with Crippen molar-refractivity contribution in [2.45, 2.75) is 61.7 Å². The smallest absolute Gasteiger partial charge is 0.253 e. The Morgan fingerprint density at radius 2 is 2.02 bits per heavy atom. The topological polar surface area (TPSA) is 137 Å². The van der Waals surface area contributed by atoms with Crippen LogP contribution in [0.5, 0.6) is 0 Å². The Kier molecular flexibility index (Phi) is 7.62. The van der Waals surface area contributed by atoms with E-state index in [1.54, 1.807) is 23.6 Å². The third-order valence-corrected chi connectivity index (χ3v) is 9.40. The minimum Gasteiger partial charge on any atom is -0.467 e. The highest BCUT2D eigenvalue weighted by atomic mass is 32.2. The summed E-state index contributed by atoms with van der Waals surface area (Å²) in [4.78, 5) is 18.5. The number of unbranched alkanes of at least 4 members (excludes halogenated alkanes) is 1. The summed E-state index contributed by atoms with van der Waals surface area (Å²) in [6, 6.07) is 11.9. The first-order valence-electron chi connectivity index (χ1n) is 13.7. The fourth-order valence-corrected chi connectivity index (χ4v) is 7.02. The Balaban J connectivity index is 1.30. The Hall–Kier alpha value is -3.61. The number of benzene rings is 1. The van der Waals surface area contributed by atoms with Crippen LogP contribution in [0.1, 0.15) is 56.6 Å². The molecule has 1 aromatic carbocycles. The molecule has 1 fully saturated rings. The third-order valence-electron chi connectivity index (χ3n) is 7.52. The number of hydrazone groups is 1. The highest BCUT2D eigenvalue weighted by molar-refractivity contribution is 7.99. The van der Waals surface area contributed by atoms with E-state index >= 15 is 0 Å². The summed E-state index contributed by atoms with van der Waals surface area (Å²) in [5, 5.41) is 12.4. The number of carbonyl (C=O) groups is 1. The summed E-state index contributed by atoms with van der Waals surface area (Å²) in [5.41, 5.74) is 3.30. The van der Waals surface area contributed by atoms with Crippen LogP contribution in [0.3, 0.4) is 0 Å². The van der Waals surface area contributed by atoms with Crippen molar-refractivity contribution < 1.29 is 22.0 Å². The fraction of sp³-hybridized carbons (Fsp3) is 0.345. The molecule has 0 spiro atoms. The van der Waals surface area contributed by atoms with Gasteiger partial charge in [-0.15, -0.1) is 0 Å². The Morgan fingerprint density at radius 3 is 2.76 bits per heavy atom. The average molecular weight is 594 g/mol. The molecule has 41 heavy (non-hydrogen) atoms. The van der Waals surface area contributed by atoms with Crippen molar-refractivity contribution in [3.8, 4) is 0 Å². The zero-order valence-corrected chi connectivity index (χ0v) is 24.2. The van der Waals surface area contributed by atoms with E-state index in [-0.39, 0.29) is 28.5 Å². The second-order valence-corrected chi connectivity index (χ2v) is 12.8. The van der Waals surface area contributed by atoms with Crippen LogP contribution in [0.2, 0.25) is 0 Å². The first-order valence-corrected chi connectivity index (χ1v) is 16.2. The quantitative estimate of drug-likeness (QED) is 0.250. The van der Waals surface area contributed by atoms with E-state index in [0.717, 1.165) is 54.7 Å². The molecule has 2 N–H and O–H groups in total. The lowest BCUT2D eigenvalue weighted by molar-refractivity contribution is -0.131. The second-order valence-electron chi connectivity index (χ2n) is 10.3. The van der Waals surface area contributed by atoms with Crippen LogP contribution < -0.4 is 5.14 Å². The first kappa shape index (κ1) is 27.6. The van der Waals surface area contributed by atoms with Crippen molar-refractivity contribution in [2.75, 3.05) is 5.75 Å². The number of aryl methyl sites for hydroxylation is 1. The van der Waals surface area contributed by atoms with Gasteiger partial charge in [0.15, 0.2) is 5.16 Å². The van der Waals surface area contributed by atoms with Crippen molar-refractivity contribution in [2.24, 2.45) is 16.2 Å². The molecule has 4 aromatic rings. The van der Waals surface area contributed by atoms with Gasteiger partial charge in [0.1, 0.15) is 17.6 Å². The van der Waals surface area contributed by atoms with E-state index in [4.69, 9.17) is 24.1 Å². The lowest BCUT2D eigenvalue weighted by Gasteiger charge is -2.27. The van der Waals surface area contributed by atoms with E-state index in [1.807, 2.05) is 34.9 Å². The molecule has 0 radical (unpaired) electrons. The van der Waals surface area contributed by atoms with Crippen LogP contribution in [-0.4, -0.2) is 40.3 Å². The van der Waals surface area contributed by atoms with Crippen LogP contribution >= 0.6 is 11.8 Å². The van der Waals surface area contributed by atoms with Gasteiger partial charge in [-0.2, -0.15) is 5.10 Å². The SMILES string of the molecule is CCCCn1c(SCC(=O)N2N=C3C(=Cc4ccco4)CCCC3C2c2ccco2)nc2cc(S(N)(=O)=O)ccc21. The van der Waals surface area contributed by atoms with Gasteiger partial charge in [0.25, 0.3) is 5.91 Å². The van der Waals surface area contributed by atoms with Gasteiger partial charge in [-0.3, -0.25) is 4.79 Å². The van der Waals surface area contributed by atoms with Crippen molar-refractivity contribution in [1.82, 2.24) is 14.6 Å². The maximum atomic E-state index is 13.8. The fourth-order valence-electron chi connectivity index (χ4n) is 5.59. The molecule has 2 atom stereocenters. The van der Waals surface area contributed by atoms with Gasteiger partial charge in [0, 0.05) is 12.5 Å². The molecule has 1 aliphatic heterocycles. The van der Waals surface area contributed by atoms with Crippen LogP contribution in [0, 0.1) is 5.92 Å². The first-order chi connectivity index (χ1) is 19.8. The largest absolute Gasteiger partial charge is 0.467 e. The summed E-state index contributed by atoms with van der Waals surface area (Å²) >= 11 is 1.32. The van der Waals surface area contributed by atoms with E-state index in [0.29, 0.717) is 23.0 Å². The van der Waals surface area contributed by atoms with E-state index in [2.05, 4.69) is 6.92 Å². The number of nitrogens with zero attached hydrogens (tertiary/aromatic N) is 4. The van der Waals surface area contributed by atoms with Gasteiger partial charge < -0.3 is 13.4 Å². The molecule has 3 aromatic heterocycles. The number of hydrogen-bond donors (Lipinski definition) is 1. The number of furan rings is 2. The second kappa shape index (κ2) is 11.3. The zero-order chi connectivity index (χ0) is 28.6. The summed E-state index contributed by atoms with van der Waals surface area (Å²) in [7, 11) is -3.86. The molecule has 0 bridgehead atoms. The summed E-state index contributed by atoms with van der Waals surface area (Å²) in [6.45, 7) is 2.80.